The summed E-state index contributed by atoms with van der Waals surface area (Å²) in [4.78, 5) is 0. The van der Waals surface area contributed by atoms with E-state index in [0.717, 1.165) is 28.9 Å². The number of ether oxygens (including phenoxy) is 1. The molecule has 0 saturated heterocycles. The van der Waals surface area contributed by atoms with Crippen LogP contribution in [0.15, 0.2) is 54.6 Å². The van der Waals surface area contributed by atoms with Gasteiger partial charge in [0.25, 0.3) is 0 Å². The molecule has 2 aromatic rings. The summed E-state index contributed by atoms with van der Waals surface area (Å²) >= 11 is 0. The Hall–Kier alpha value is -2.26. The van der Waals surface area contributed by atoms with Gasteiger partial charge in [0, 0.05) is 6.54 Å². The number of phenolic OH excluding ortho intramolecular Hbond substituents is 1. The average Bonchev–Trinajstić information content (AvgIpc) is 2.52. The second-order valence-corrected chi connectivity index (χ2v) is 4.73. The van der Waals surface area contributed by atoms with Crippen molar-refractivity contribution in [2.24, 2.45) is 5.73 Å². The van der Waals surface area contributed by atoms with Crippen molar-refractivity contribution in [1.82, 2.24) is 0 Å². The molecule has 0 aromatic heterocycles. The molecule has 21 heavy (non-hydrogen) atoms. The Morgan fingerprint density at radius 2 is 1.62 bits per heavy atom. The highest BCUT2D eigenvalue weighted by Crippen LogP contribution is 2.27. The summed E-state index contributed by atoms with van der Waals surface area (Å²) in [7, 11) is 0. The van der Waals surface area contributed by atoms with Crippen molar-refractivity contribution in [3.63, 3.8) is 0 Å². The Morgan fingerprint density at radius 1 is 1.05 bits per heavy atom. The van der Waals surface area contributed by atoms with Crippen molar-refractivity contribution < 1.29 is 9.84 Å². The molecule has 0 aliphatic heterocycles. The zero-order valence-corrected chi connectivity index (χ0v) is 12.3. The molecule has 2 rings (SSSR count). The number of nitrogens with two attached hydrogens (primary N) is 1. The average molecular weight is 283 g/mol. The van der Waals surface area contributed by atoms with Gasteiger partial charge in [-0.05, 0) is 47.4 Å². The van der Waals surface area contributed by atoms with Crippen LogP contribution in [0.1, 0.15) is 24.5 Å². The van der Waals surface area contributed by atoms with Crippen molar-refractivity contribution in [3.8, 4) is 11.5 Å². The predicted octanol–water partition coefficient (Wildman–Crippen LogP) is 3.57. The van der Waals surface area contributed by atoms with Gasteiger partial charge in [-0.3, -0.25) is 0 Å². The summed E-state index contributed by atoms with van der Waals surface area (Å²) in [5.74, 6) is 1.10. The first-order chi connectivity index (χ1) is 10.2. The largest absolute Gasteiger partial charge is 0.508 e. The lowest BCUT2D eigenvalue weighted by Gasteiger charge is -2.10. The minimum atomic E-state index is 0.278. The van der Waals surface area contributed by atoms with Crippen LogP contribution in [0, 0.1) is 0 Å². The summed E-state index contributed by atoms with van der Waals surface area (Å²) in [6, 6.07) is 15.3. The molecule has 0 atom stereocenters. The highest BCUT2D eigenvalue weighted by atomic mass is 16.5. The Bertz CT molecular complexity index is 586. The first-order valence-corrected chi connectivity index (χ1v) is 7.17. The predicted molar refractivity (Wildman–Crippen MR) is 86.5 cm³/mol. The molecule has 0 unspecified atom stereocenters. The zero-order chi connectivity index (χ0) is 15.1. The Labute approximate surface area is 125 Å². The number of benzene rings is 2. The fourth-order valence-corrected chi connectivity index (χ4v) is 2.15. The summed E-state index contributed by atoms with van der Waals surface area (Å²) in [6.45, 7) is 3.14. The number of phenols is 1. The molecule has 3 N–H and O–H groups in total. The third kappa shape index (κ3) is 4.10. The van der Waals surface area contributed by atoms with E-state index in [1.165, 1.54) is 0 Å². The minimum absolute atomic E-state index is 0.278. The third-order valence-electron chi connectivity index (χ3n) is 3.14. The van der Waals surface area contributed by atoms with Gasteiger partial charge < -0.3 is 15.6 Å². The highest BCUT2D eigenvalue weighted by molar-refractivity contribution is 5.80. The summed E-state index contributed by atoms with van der Waals surface area (Å²) in [6.07, 6.45) is 3.13. The summed E-state index contributed by atoms with van der Waals surface area (Å²) in [5.41, 5.74) is 8.80. The van der Waals surface area contributed by atoms with E-state index in [4.69, 9.17) is 10.5 Å². The maximum absolute atomic E-state index is 9.41. The molecule has 0 amide bonds. The molecule has 0 fully saturated rings. The van der Waals surface area contributed by atoms with Crippen LogP contribution in [0.4, 0.5) is 0 Å². The molecule has 0 heterocycles. The normalized spacial score (nSPS) is 11.4. The van der Waals surface area contributed by atoms with E-state index in [0.29, 0.717) is 13.2 Å². The van der Waals surface area contributed by atoms with Gasteiger partial charge in [0.15, 0.2) is 0 Å². The van der Waals surface area contributed by atoms with E-state index >= 15 is 0 Å². The van der Waals surface area contributed by atoms with E-state index in [-0.39, 0.29) is 5.75 Å². The summed E-state index contributed by atoms with van der Waals surface area (Å²) in [5, 5.41) is 9.41. The van der Waals surface area contributed by atoms with E-state index in [9.17, 15) is 5.11 Å². The van der Waals surface area contributed by atoms with Crippen LogP contribution >= 0.6 is 0 Å². The molecular formula is C18H21NO2. The fraction of sp³-hybridized carbons (Fsp3) is 0.222. The van der Waals surface area contributed by atoms with Gasteiger partial charge in [-0.15, -0.1) is 0 Å². The summed E-state index contributed by atoms with van der Waals surface area (Å²) < 4.78 is 5.49. The van der Waals surface area contributed by atoms with E-state index in [1.807, 2.05) is 36.4 Å². The van der Waals surface area contributed by atoms with E-state index in [1.54, 1.807) is 12.1 Å². The maximum Gasteiger partial charge on any atom is 0.119 e. The van der Waals surface area contributed by atoms with Gasteiger partial charge in [-0.25, -0.2) is 0 Å². The minimum Gasteiger partial charge on any atom is -0.508 e. The lowest BCUT2D eigenvalue weighted by Crippen LogP contribution is -2.10. The van der Waals surface area contributed by atoms with Crippen LogP contribution < -0.4 is 10.5 Å². The van der Waals surface area contributed by atoms with Crippen LogP contribution in [-0.4, -0.2) is 18.3 Å². The molecule has 110 valence electrons. The van der Waals surface area contributed by atoms with Crippen LogP contribution in [0.3, 0.4) is 0 Å². The van der Waals surface area contributed by atoms with Crippen molar-refractivity contribution in [2.45, 2.75) is 13.3 Å². The molecule has 2 aromatic carbocycles. The Kier molecular flexibility index (Phi) is 5.41. The molecule has 0 aliphatic rings. The van der Waals surface area contributed by atoms with Crippen LogP contribution in [-0.2, 0) is 0 Å². The highest BCUT2D eigenvalue weighted by Gasteiger charge is 2.05. The lowest BCUT2D eigenvalue weighted by atomic mass is 9.97. The standard InChI is InChI=1S/C18H21NO2/c1-2-3-18(14-4-8-16(20)9-5-14)15-6-10-17(11-7-15)21-13-12-19/h3-11,20H,2,12-13,19H2,1H3/b18-3+. The van der Waals surface area contributed by atoms with Crippen LogP contribution in [0.5, 0.6) is 11.5 Å². The van der Waals surface area contributed by atoms with E-state index in [2.05, 4.69) is 13.0 Å². The fourth-order valence-electron chi connectivity index (χ4n) is 2.15. The van der Waals surface area contributed by atoms with Crippen molar-refractivity contribution in [1.29, 1.82) is 0 Å². The molecule has 0 bridgehead atoms. The quantitative estimate of drug-likeness (QED) is 0.852. The van der Waals surface area contributed by atoms with Gasteiger partial charge in [-0.1, -0.05) is 37.3 Å². The van der Waals surface area contributed by atoms with Gasteiger partial charge in [-0.2, -0.15) is 0 Å². The van der Waals surface area contributed by atoms with Crippen molar-refractivity contribution in [2.75, 3.05) is 13.2 Å². The molecule has 0 saturated carbocycles. The van der Waals surface area contributed by atoms with Gasteiger partial charge in [0.2, 0.25) is 0 Å². The first-order valence-electron chi connectivity index (χ1n) is 7.17. The number of aromatic hydroxyl groups is 1. The number of hydrogen-bond acceptors (Lipinski definition) is 3. The molecule has 0 spiro atoms. The molecular weight excluding hydrogens is 262 g/mol. The molecule has 0 aliphatic carbocycles. The smallest absolute Gasteiger partial charge is 0.119 e. The Morgan fingerprint density at radius 3 is 2.14 bits per heavy atom. The zero-order valence-electron chi connectivity index (χ0n) is 12.3. The lowest BCUT2D eigenvalue weighted by molar-refractivity contribution is 0.328. The van der Waals surface area contributed by atoms with Crippen LogP contribution in [0.2, 0.25) is 0 Å². The molecule has 3 nitrogen and oxygen atoms in total. The second kappa shape index (κ2) is 7.50. The second-order valence-electron chi connectivity index (χ2n) is 4.73. The topological polar surface area (TPSA) is 55.5 Å². The van der Waals surface area contributed by atoms with Gasteiger partial charge in [0.1, 0.15) is 18.1 Å². The van der Waals surface area contributed by atoms with Crippen molar-refractivity contribution in [3.05, 3.63) is 65.7 Å². The monoisotopic (exact) mass is 283 g/mol. The Balaban J connectivity index is 2.26. The number of rotatable bonds is 6. The first kappa shape index (κ1) is 15.1. The van der Waals surface area contributed by atoms with Crippen molar-refractivity contribution >= 4 is 5.57 Å². The number of allylic oxidation sites excluding steroid dienone is 1. The molecule has 3 heteroatoms. The van der Waals surface area contributed by atoms with E-state index < -0.39 is 0 Å². The molecule has 0 radical (unpaired) electrons. The van der Waals surface area contributed by atoms with Crippen LogP contribution in [0.25, 0.3) is 5.57 Å². The third-order valence-corrected chi connectivity index (χ3v) is 3.14. The number of hydrogen-bond donors (Lipinski definition) is 2. The van der Waals surface area contributed by atoms with Gasteiger partial charge >= 0.3 is 0 Å². The van der Waals surface area contributed by atoms with Gasteiger partial charge in [0.05, 0.1) is 0 Å². The SMILES string of the molecule is CC/C=C(\c1ccc(O)cc1)c1ccc(OCCN)cc1. The maximum atomic E-state index is 9.41.